The molecule has 5 aliphatic rings. The fourth-order valence-corrected chi connectivity index (χ4v) is 8.74. The monoisotopic (exact) mass is 541 g/mol. The fourth-order valence-electron chi connectivity index (χ4n) is 7.29. The van der Waals surface area contributed by atoms with Gasteiger partial charge in [0.1, 0.15) is 15.8 Å². The molecule has 0 atom stereocenters. The number of benzene rings is 1. The van der Waals surface area contributed by atoms with Gasteiger partial charge in [-0.05, 0) is 111 Å². The number of unbranched alkanes of at least 4 members (excludes halogenated alkanes) is 2. The third-order valence-electron chi connectivity index (χ3n) is 8.64. The molecule has 36 heavy (non-hydrogen) atoms. The summed E-state index contributed by atoms with van der Waals surface area (Å²) in [6.45, 7) is 0.210. The van der Waals surface area contributed by atoms with Crippen LogP contribution in [0.2, 0.25) is 5.02 Å². The van der Waals surface area contributed by atoms with Gasteiger partial charge in [0.05, 0.1) is 4.91 Å². The number of rotatable bonds is 8. The molecule has 1 saturated heterocycles. The Morgan fingerprint density at radius 1 is 1.06 bits per heavy atom. The topological polar surface area (TPSA) is 53.7 Å². The summed E-state index contributed by atoms with van der Waals surface area (Å²) in [4.78, 5) is 16.4. The minimum Gasteiger partial charge on any atom is -0.456 e. The van der Waals surface area contributed by atoms with Crippen molar-refractivity contribution < 1.29 is 14.3 Å². The van der Waals surface area contributed by atoms with E-state index in [1.165, 1.54) is 43.9 Å². The number of hydrogen-bond donors (Lipinski definition) is 1. The molecule has 1 aliphatic heterocycles. The standard InChI is InChI=1S/C29H32ClNO3S2/c30-23-7-5-19(6-8-23)24-15-20(4-2-1-3-9-32)25(34-24)16-26-28(33)31(29(35)36-26)27-21-11-17-10-18(13-21)14-22(27)12-17/h5-8,15-18,21-22,27,32H,1-4,9-14H2/b26-16-. The van der Waals surface area contributed by atoms with Crippen LogP contribution < -0.4 is 0 Å². The highest BCUT2D eigenvalue weighted by Crippen LogP contribution is 2.56. The number of aryl methyl sites for hydroxylation is 1. The van der Waals surface area contributed by atoms with Gasteiger partial charge in [-0.1, -0.05) is 42.0 Å². The third-order valence-corrected chi connectivity index (χ3v) is 10.2. The van der Waals surface area contributed by atoms with Crippen molar-refractivity contribution in [2.45, 2.75) is 63.8 Å². The third kappa shape index (κ3) is 4.70. The summed E-state index contributed by atoms with van der Waals surface area (Å²) in [6, 6.07) is 9.97. The van der Waals surface area contributed by atoms with Crippen LogP contribution in [0.15, 0.2) is 39.7 Å². The zero-order valence-electron chi connectivity index (χ0n) is 20.3. The van der Waals surface area contributed by atoms with Gasteiger partial charge in [0.15, 0.2) is 0 Å². The summed E-state index contributed by atoms with van der Waals surface area (Å²) in [5.74, 6) is 4.48. The van der Waals surface area contributed by atoms with Crippen molar-refractivity contribution in [3.05, 3.63) is 51.6 Å². The van der Waals surface area contributed by atoms with Crippen molar-refractivity contribution in [2.24, 2.45) is 23.7 Å². The number of nitrogens with zero attached hydrogens (tertiary/aromatic N) is 1. The number of halogens is 1. The van der Waals surface area contributed by atoms with Gasteiger partial charge in [-0.3, -0.25) is 9.69 Å². The second-order valence-corrected chi connectivity index (χ2v) is 13.1. The zero-order valence-corrected chi connectivity index (χ0v) is 22.7. The Balaban J connectivity index is 1.27. The number of carbonyl (C=O) groups excluding carboxylic acids is 1. The molecule has 4 aliphatic carbocycles. The zero-order chi connectivity index (χ0) is 24.8. The summed E-state index contributed by atoms with van der Waals surface area (Å²) in [5, 5.41) is 9.83. The van der Waals surface area contributed by atoms with E-state index >= 15 is 0 Å². The number of aliphatic hydroxyl groups excluding tert-OH is 1. The van der Waals surface area contributed by atoms with E-state index in [0.717, 1.165) is 60.2 Å². The van der Waals surface area contributed by atoms with E-state index in [-0.39, 0.29) is 18.6 Å². The number of carbonyl (C=O) groups is 1. The minimum atomic E-state index is 0.0538. The van der Waals surface area contributed by atoms with Gasteiger partial charge >= 0.3 is 0 Å². The minimum absolute atomic E-state index is 0.0538. The van der Waals surface area contributed by atoms with Crippen LogP contribution in [0.3, 0.4) is 0 Å². The van der Waals surface area contributed by atoms with Crippen molar-refractivity contribution in [3.8, 4) is 11.3 Å². The van der Waals surface area contributed by atoms with Gasteiger partial charge in [-0.25, -0.2) is 0 Å². The van der Waals surface area contributed by atoms with Gasteiger partial charge in [0.2, 0.25) is 0 Å². The highest BCUT2D eigenvalue weighted by molar-refractivity contribution is 8.26. The van der Waals surface area contributed by atoms with Crippen LogP contribution in [0, 0.1) is 23.7 Å². The van der Waals surface area contributed by atoms with E-state index in [0.29, 0.717) is 26.1 Å². The number of thiocarbonyl (C=S) groups is 1. The summed E-state index contributed by atoms with van der Waals surface area (Å²) in [5.41, 5.74) is 2.04. The van der Waals surface area contributed by atoms with Crippen LogP contribution in [0.25, 0.3) is 17.4 Å². The van der Waals surface area contributed by atoms with Gasteiger partial charge in [-0.15, -0.1) is 0 Å². The molecule has 4 nitrogen and oxygen atoms in total. The molecule has 1 aromatic carbocycles. The molecule has 7 heteroatoms. The van der Waals surface area contributed by atoms with Gasteiger partial charge in [-0.2, -0.15) is 0 Å². The lowest BCUT2D eigenvalue weighted by Gasteiger charge is -2.56. The molecule has 1 N–H and O–H groups in total. The lowest BCUT2D eigenvalue weighted by Crippen LogP contribution is -2.57. The van der Waals surface area contributed by atoms with E-state index in [4.69, 9.17) is 33.3 Å². The fraction of sp³-hybridized carbons (Fsp3) is 0.517. The molecule has 4 saturated carbocycles. The Hall–Kier alpha value is -1.60. The summed E-state index contributed by atoms with van der Waals surface area (Å²) in [7, 11) is 0. The average molecular weight is 542 g/mol. The van der Waals surface area contributed by atoms with Crippen molar-refractivity contribution in [1.29, 1.82) is 0 Å². The SMILES string of the molecule is O=C1/C(=C/c2oc(-c3ccc(Cl)cc3)cc2CCCCCO)SC(=S)N1C1C2CC3CC(C2)CC1C3. The van der Waals surface area contributed by atoms with Crippen molar-refractivity contribution >= 4 is 51.9 Å². The summed E-state index contributed by atoms with van der Waals surface area (Å²) >= 11 is 13.3. The molecular formula is C29H32ClNO3S2. The maximum atomic E-state index is 13.7. The molecule has 5 fully saturated rings. The van der Waals surface area contributed by atoms with Crippen LogP contribution in [0.1, 0.15) is 62.7 Å². The maximum absolute atomic E-state index is 13.7. The molecule has 7 rings (SSSR count). The first-order valence-electron chi connectivity index (χ1n) is 13.3. The van der Waals surface area contributed by atoms with Crippen molar-refractivity contribution in [3.63, 3.8) is 0 Å². The molecule has 2 heterocycles. The van der Waals surface area contributed by atoms with E-state index in [1.807, 2.05) is 35.2 Å². The average Bonchev–Trinajstić information content (AvgIpc) is 3.37. The van der Waals surface area contributed by atoms with Gasteiger partial charge in [0.25, 0.3) is 5.91 Å². The number of furan rings is 1. The lowest BCUT2D eigenvalue weighted by atomic mass is 9.54. The molecule has 1 amide bonds. The van der Waals surface area contributed by atoms with E-state index in [1.54, 1.807) is 0 Å². The van der Waals surface area contributed by atoms with Crippen LogP contribution in [0.4, 0.5) is 0 Å². The Morgan fingerprint density at radius 3 is 2.42 bits per heavy atom. The highest BCUT2D eigenvalue weighted by Gasteiger charge is 2.53. The van der Waals surface area contributed by atoms with Gasteiger partial charge in [0, 0.05) is 29.3 Å². The first-order valence-corrected chi connectivity index (χ1v) is 14.9. The number of amides is 1. The molecular weight excluding hydrogens is 510 g/mol. The predicted molar refractivity (Wildman–Crippen MR) is 150 cm³/mol. The molecule has 0 unspecified atom stereocenters. The highest BCUT2D eigenvalue weighted by atomic mass is 35.5. The van der Waals surface area contributed by atoms with Crippen molar-refractivity contribution in [2.75, 3.05) is 6.61 Å². The number of thioether (sulfide) groups is 1. The summed E-state index contributed by atoms with van der Waals surface area (Å²) < 4.78 is 7.03. The number of aliphatic hydroxyl groups is 1. The van der Waals surface area contributed by atoms with Crippen LogP contribution in [-0.4, -0.2) is 32.9 Å². The molecule has 0 radical (unpaired) electrons. The van der Waals surface area contributed by atoms with E-state index < -0.39 is 0 Å². The quantitative estimate of drug-likeness (QED) is 0.215. The van der Waals surface area contributed by atoms with E-state index in [9.17, 15) is 4.79 Å². The molecule has 4 bridgehead atoms. The molecule has 1 aromatic heterocycles. The second kappa shape index (κ2) is 10.3. The Morgan fingerprint density at radius 2 is 1.75 bits per heavy atom. The molecule has 0 spiro atoms. The van der Waals surface area contributed by atoms with Crippen LogP contribution >= 0.6 is 35.6 Å². The van der Waals surface area contributed by atoms with Crippen molar-refractivity contribution in [1.82, 2.24) is 4.90 Å². The van der Waals surface area contributed by atoms with E-state index in [2.05, 4.69) is 6.07 Å². The first kappa shape index (κ1) is 24.7. The normalized spacial score (nSPS) is 30.2. The smallest absolute Gasteiger partial charge is 0.266 e. The second-order valence-electron chi connectivity index (χ2n) is 11.0. The Kier molecular flexibility index (Phi) is 7.06. The van der Waals surface area contributed by atoms with Crippen LogP contribution in [0.5, 0.6) is 0 Å². The predicted octanol–water partition coefficient (Wildman–Crippen LogP) is 7.33. The van der Waals surface area contributed by atoms with Gasteiger partial charge < -0.3 is 9.52 Å². The van der Waals surface area contributed by atoms with Crippen LogP contribution in [-0.2, 0) is 11.2 Å². The molecule has 190 valence electrons. The number of hydrogen-bond acceptors (Lipinski definition) is 5. The maximum Gasteiger partial charge on any atom is 0.266 e. The first-order chi connectivity index (χ1) is 17.5. The lowest BCUT2D eigenvalue weighted by molar-refractivity contribution is -0.130. The Bertz CT molecular complexity index is 1160. The Labute approximate surface area is 227 Å². The summed E-state index contributed by atoms with van der Waals surface area (Å²) in [6.07, 6.45) is 11.9. The molecule has 2 aromatic rings. The largest absolute Gasteiger partial charge is 0.456 e.